The second kappa shape index (κ2) is 8.40. The lowest BCUT2D eigenvalue weighted by Crippen LogP contribution is -2.36. The van der Waals surface area contributed by atoms with Crippen LogP contribution in [0, 0.1) is 0 Å². The Hall–Kier alpha value is -1.99. The monoisotopic (exact) mass is 367 g/mol. The molecule has 1 fully saturated rings. The maximum atomic E-state index is 12.9. The Kier molecular flexibility index (Phi) is 5.99. The molecule has 0 bridgehead atoms. The molecule has 0 saturated carbocycles. The number of rotatable bonds is 7. The van der Waals surface area contributed by atoms with Crippen LogP contribution < -0.4 is 4.74 Å². The highest BCUT2D eigenvalue weighted by Crippen LogP contribution is 2.21. The Bertz CT molecular complexity index is 687. The molecule has 1 amide bonds. The Morgan fingerprint density at radius 1 is 1.36 bits per heavy atom. The van der Waals surface area contributed by atoms with Crippen molar-refractivity contribution in [1.29, 1.82) is 0 Å². The summed E-state index contributed by atoms with van der Waals surface area (Å²) < 4.78 is 34.9. The summed E-state index contributed by atoms with van der Waals surface area (Å²) in [7, 11) is 0. The van der Waals surface area contributed by atoms with Crippen molar-refractivity contribution >= 4 is 17.2 Å². The van der Waals surface area contributed by atoms with Crippen LogP contribution in [0.4, 0.5) is 8.78 Å². The first-order valence-corrected chi connectivity index (χ1v) is 8.98. The van der Waals surface area contributed by atoms with E-state index in [2.05, 4.69) is 4.74 Å². The van der Waals surface area contributed by atoms with Gasteiger partial charge in [-0.05, 0) is 42.5 Å². The number of benzene rings is 1. The van der Waals surface area contributed by atoms with Crippen molar-refractivity contribution in [2.24, 2.45) is 0 Å². The van der Waals surface area contributed by atoms with Crippen molar-refractivity contribution in [3.05, 3.63) is 52.2 Å². The van der Waals surface area contributed by atoms with Gasteiger partial charge in [-0.2, -0.15) is 8.78 Å². The van der Waals surface area contributed by atoms with Crippen LogP contribution in [0.3, 0.4) is 0 Å². The quantitative estimate of drug-likeness (QED) is 0.737. The zero-order valence-corrected chi connectivity index (χ0v) is 14.4. The fourth-order valence-corrected chi connectivity index (χ4v) is 3.55. The molecule has 2 aromatic rings. The second-order valence-corrected chi connectivity index (χ2v) is 6.84. The van der Waals surface area contributed by atoms with Gasteiger partial charge in [0.1, 0.15) is 5.75 Å². The van der Waals surface area contributed by atoms with Crippen molar-refractivity contribution in [3.8, 4) is 5.75 Å². The maximum Gasteiger partial charge on any atom is 0.387 e. The summed E-state index contributed by atoms with van der Waals surface area (Å²) in [5.41, 5.74) is 0.327. The fraction of sp³-hybridized carbons (Fsp3) is 0.389. The maximum absolute atomic E-state index is 12.9. The summed E-state index contributed by atoms with van der Waals surface area (Å²) in [6, 6.07) is 9.82. The number of thiophene rings is 1. The Morgan fingerprint density at radius 3 is 2.92 bits per heavy atom. The summed E-state index contributed by atoms with van der Waals surface area (Å²) in [5, 5.41) is 1.96. The minimum atomic E-state index is -2.92. The molecule has 2 heterocycles. The summed E-state index contributed by atoms with van der Waals surface area (Å²) in [4.78, 5) is 15.7. The van der Waals surface area contributed by atoms with Crippen molar-refractivity contribution in [3.63, 3.8) is 0 Å². The highest BCUT2D eigenvalue weighted by atomic mass is 32.1. The molecule has 4 nitrogen and oxygen atoms in total. The van der Waals surface area contributed by atoms with Gasteiger partial charge < -0.3 is 14.4 Å². The first-order valence-electron chi connectivity index (χ1n) is 8.10. The SMILES string of the molecule is O=C(c1cccc(OC(F)F)c1)N(Cc1cccs1)CC1CCCO1. The van der Waals surface area contributed by atoms with Crippen LogP contribution in [0.5, 0.6) is 5.75 Å². The largest absolute Gasteiger partial charge is 0.435 e. The van der Waals surface area contributed by atoms with Crippen molar-refractivity contribution < 1.29 is 23.0 Å². The van der Waals surface area contributed by atoms with Crippen LogP contribution in [-0.4, -0.2) is 36.7 Å². The molecule has 3 rings (SSSR count). The van der Waals surface area contributed by atoms with Crippen LogP contribution in [-0.2, 0) is 11.3 Å². The molecule has 1 atom stereocenters. The fourth-order valence-electron chi connectivity index (χ4n) is 2.83. The predicted molar refractivity (Wildman–Crippen MR) is 91.1 cm³/mol. The lowest BCUT2D eigenvalue weighted by Gasteiger charge is -2.25. The van der Waals surface area contributed by atoms with E-state index in [-0.39, 0.29) is 17.8 Å². The lowest BCUT2D eigenvalue weighted by molar-refractivity contribution is -0.0499. The molecule has 1 aliphatic rings. The molecule has 1 aromatic carbocycles. The standard InChI is InChI=1S/C18H19F2NO3S/c19-18(20)24-14-5-1-4-13(10-14)17(22)21(11-15-6-2-8-23-15)12-16-7-3-9-25-16/h1,3-5,7,9-10,15,18H,2,6,8,11-12H2. The van der Waals surface area contributed by atoms with Crippen LogP contribution in [0.15, 0.2) is 41.8 Å². The molecule has 1 aromatic heterocycles. The van der Waals surface area contributed by atoms with Gasteiger partial charge in [0.25, 0.3) is 5.91 Å². The number of halogens is 2. The van der Waals surface area contributed by atoms with Gasteiger partial charge in [0.2, 0.25) is 0 Å². The van der Waals surface area contributed by atoms with E-state index in [4.69, 9.17) is 4.74 Å². The van der Waals surface area contributed by atoms with Crippen LogP contribution in [0.25, 0.3) is 0 Å². The molecule has 134 valence electrons. The van der Waals surface area contributed by atoms with E-state index in [1.54, 1.807) is 28.4 Å². The topological polar surface area (TPSA) is 38.8 Å². The molecule has 7 heteroatoms. The molecule has 1 saturated heterocycles. The van der Waals surface area contributed by atoms with Gasteiger partial charge in [-0.25, -0.2) is 0 Å². The highest BCUT2D eigenvalue weighted by Gasteiger charge is 2.24. The molecule has 0 N–H and O–H groups in total. The number of hydrogen-bond acceptors (Lipinski definition) is 4. The predicted octanol–water partition coefficient (Wildman–Crippen LogP) is 4.17. The number of carbonyl (C=O) groups excluding carboxylic acids is 1. The molecule has 0 radical (unpaired) electrons. The van der Waals surface area contributed by atoms with E-state index >= 15 is 0 Å². The number of carbonyl (C=O) groups is 1. The number of hydrogen-bond donors (Lipinski definition) is 0. The second-order valence-electron chi connectivity index (χ2n) is 5.81. The molecular formula is C18H19F2NO3S. The summed E-state index contributed by atoms with van der Waals surface area (Å²) in [6.45, 7) is -1.25. The van der Waals surface area contributed by atoms with Crippen LogP contribution >= 0.6 is 11.3 Å². The normalized spacial score (nSPS) is 17.0. The summed E-state index contributed by atoms with van der Waals surface area (Å²) >= 11 is 1.57. The molecular weight excluding hydrogens is 348 g/mol. The summed E-state index contributed by atoms with van der Waals surface area (Å²) in [5.74, 6) is -0.238. The Labute approximate surface area is 149 Å². The van der Waals surface area contributed by atoms with E-state index < -0.39 is 6.61 Å². The number of nitrogens with zero attached hydrogens (tertiary/aromatic N) is 1. The number of ether oxygens (including phenoxy) is 2. The smallest absolute Gasteiger partial charge is 0.387 e. The van der Waals surface area contributed by atoms with E-state index in [0.29, 0.717) is 25.3 Å². The Morgan fingerprint density at radius 2 is 2.24 bits per heavy atom. The van der Waals surface area contributed by atoms with E-state index in [9.17, 15) is 13.6 Å². The third-order valence-corrected chi connectivity index (χ3v) is 4.83. The van der Waals surface area contributed by atoms with Crippen molar-refractivity contribution in [1.82, 2.24) is 4.90 Å². The molecule has 1 unspecified atom stereocenters. The van der Waals surface area contributed by atoms with Crippen LogP contribution in [0.1, 0.15) is 28.1 Å². The lowest BCUT2D eigenvalue weighted by atomic mass is 10.1. The van der Waals surface area contributed by atoms with E-state index in [1.807, 2.05) is 17.5 Å². The van der Waals surface area contributed by atoms with Gasteiger partial charge in [-0.15, -0.1) is 11.3 Å². The summed E-state index contributed by atoms with van der Waals surface area (Å²) in [6.07, 6.45) is 1.93. The minimum Gasteiger partial charge on any atom is -0.435 e. The first-order chi connectivity index (χ1) is 12.1. The first kappa shape index (κ1) is 17.8. The average molecular weight is 367 g/mol. The van der Waals surface area contributed by atoms with Gasteiger partial charge in [-0.3, -0.25) is 4.79 Å². The zero-order chi connectivity index (χ0) is 17.6. The third-order valence-electron chi connectivity index (χ3n) is 3.97. The van der Waals surface area contributed by atoms with Crippen LogP contribution in [0.2, 0.25) is 0 Å². The van der Waals surface area contributed by atoms with Crippen molar-refractivity contribution in [2.45, 2.75) is 32.1 Å². The van der Waals surface area contributed by atoms with Gasteiger partial charge in [0.05, 0.1) is 12.6 Å². The molecule has 0 spiro atoms. The third kappa shape index (κ3) is 4.99. The zero-order valence-electron chi connectivity index (χ0n) is 13.6. The minimum absolute atomic E-state index is 0.0180. The van der Waals surface area contributed by atoms with Gasteiger partial charge in [0.15, 0.2) is 0 Å². The highest BCUT2D eigenvalue weighted by molar-refractivity contribution is 7.09. The van der Waals surface area contributed by atoms with Gasteiger partial charge >= 0.3 is 6.61 Å². The molecule has 25 heavy (non-hydrogen) atoms. The van der Waals surface area contributed by atoms with Crippen molar-refractivity contribution in [2.75, 3.05) is 13.2 Å². The Balaban J connectivity index is 1.77. The molecule has 1 aliphatic heterocycles. The van der Waals surface area contributed by atoms with E-state index in [1.165, 1.54) is 12.1 Å². The van der Waals surface area contributed by atoms with Gasteiger partial charge in [-0.1, -0.05) is 12.1 Å². The number of alkyl halides is 2. The van der Waals surface area contributed by atoms with Gasteiger partial charge in [0, 0.05) is 23.6 Å². The average Bonchev–Trinajstić information content (AvgIpc) is 3.27. The number of amides is 1. The molecule has 0 aliphatic carbocycles. The van der Waals surface area contributed by atoms with E-state index in [0.717, 1.165) is 17.7 Å².